The molecule has 0 spiro atoms. The van der Waals surface area contributed by atoms with E-state index in [1.165, 1.54) is 6.33 Å². The highest BCUT2D eigenvalue weighted by molar-refractivity contribution is 5.29. The number of aromatic nitrogens is 2. The van der Waals surface area contributed by atoms with Gasteiger partial charge in [0.25, 0.3) is 5.56 Å². The molecule has 0 amide bonds. The Morgan fingerprint density at radius 1 is 1.75 bits per heavy atom. The molecule has 1 heterocycles. The normalized spacial score (nSPS) is 9.33. The fraction of sp³-hybridized carbons (Fsp3) is 0.375. The lowest BCUT2D eigenvalue weighted by molar-refractivity contribution is 0.860. The maximum absolute atomic E-state index is 11.0. The molecule has 0 aromatic carbocycles. The first kappa shape index (κ1) is 8.47. The van der Waals surface area contributed by atoms with Gasteiger partial charge < -0.3 is 4.98 Å². The number of aryl methyl sites for hydroxylation is 1. The summed E-state index contributed by atoms with van der Waals surface area (Å²) in [5, 5.41) is 8.62. The quantitative estimate of drug-likeness (QED) is 0.693. The average molecular weight is 163 g/mol. The predicted octanol–water partition coefficient (Wildman–Crippen LogP) is 0.594. The maximum atomic E-state index is 11.0. The third-order valence-corrected chi connectivity index (χ3v) is 1.53. The van der Waals surface area contributed by atoms with Crippen LogP contribution in [0.5, 0.6) is 0 Å². The van der Waals surface area contributed by atoms with Crippen molar-refractivity contribution in [3.8, 4) is 6.07 Å². The predicted molar refractivity (Wildman–Crippen MR) is 43.6 cm³/mol. The zero-order valence-electron chi connectivity index (χ0n) is 6.79. The van der Waals surface area contributed by atoms with Gasteiger partial charge in [-0.3, -0.25) is 4.79 Å². The third kappa shape index (κ3) is 1.51. The van der Waals surface area contributed by atoms with Gasteiger partial charge in [0.1, 0.15) is 11.6 Å². The second-order valence-electron chi connectivity index (χ2n) is 2.42. The lowest BCUT2D eigenvalue weighted by atomic mass is 10.1. The number of hydrogen-bond donors (Lipinski definition) is 1. The molecule has 1 rings (SSSR count). The minimum Gasteiger partial charge on any atom is -0.312 e. The van der Waals surface area contributed by atoms with Crippen molar-refractivity contribution < 1.29 is 0 Å². The van der Waals surface area contributed by atoms with Crippen molar-refractivity contribution in [1.82, 2.24) is 9.97 Å². The molecule has 0 saturated heterocycles. The Bertz CT molecular complexity index is 361. The minimum absolute atomic E-state index is 0.138. The summed E-state index contributed by atoms with van der Waals surface area (Å²) in [6, 6.07) is 1.84. The van der Waals surface area contributed by atoms with Gasteiger partial charge in [0.05, 0.1) is 12.0 Å². The van der Waals surface area contributed by atoms with Crippen LogP contribution in [0.15, 0.2) is 11.1 Å². The number of H-pyrrole nitrogens is 1. The van der Waals surface area contributed by atoms with Gasteiger partial charge in [-0.05, 0) is 6.42 Å². The summed E-state index contributed by atoms with van der Waals surface area (Å²) in [6.07, 6.45) is 2.88. The Morgan fingerprint density at radius 3 is 3.08 bits per heavy atom. The Kier molecular flexibility index (Phi) is 2.59. The zero-order chi connectivity index (χ0) is 8.97. The summed E-state index contributed by atoms with van der Waals surface area (Å²) in [5.74, 6) is 0. The second-order valence-corrected chi connectivity index (χ2v) is 2.42. The topological polar surface area (TPSA) is 69.5 Å². The summed E-state index contributed by atoms with van der Waals surface area (Å²) in [4.78, 5) is 17.3. The Balaban J connectivity index is 3.21. The van der Waals surface area contributed by atoms with Gasteiger partial charge >= 0.3 is 0 Å². The molecule has 0 bridgehead atoms. The van der Waals surface area contributed by atoms with Gasteiger partial charge in [-0.25, -0.2) is 4.98 Å². The highest BCUT2D eigenvalue weighted by Gasteiger charge is 2.05. The van der Waals surface area contributed by atoms with Gasteiger partial charge in [-0.2, -0.15) is 5.26 Å². The van der Waals surface area contributed by atoms with E-state index in [1.807, 2.05) is 13.0 Å². The number of hydrogen-bond acceptors (Lipinski definition) is 3. The van der Waals surface area contributed by atoms with Crippen LogP contribution in [-0.2, 0) is 6.42 Å². The van der Waals surface area contributed by atoms with E-state index in [4.69, 9.17) is 5.26 Å². The average Bonchev–Trinajstić information content (AvgIpc) is 2.05. The van der Waals surface area contributed by atoms with Crippen molar-refractivity contribution in [3.63, 3.8) is 0 Å². The van der Waals surface area contributed by atoms with Crippen LogP contribution in [0.4, 0.5) is 0 Å². The van der Waals surface area contributed by atoms with Gasteiger partial charge in [-0.15, -0.1) is 0 Å². The highest BCUT2D eigenvalue weighted by atomic mass is 16.1. The fourth-order valence-electron chi connectivity index (χ4n) is 0.978. The van der Waals surface area contributed by atoms with E-state index in [0.717, 1.165) is 6.42 Å². The molecule has 0 saturated carbocycles. The molecule has 0 fully saturated rings. The summed E-state index contributed by atoms with van der Waals surface area (Å²) < 4.78 is 0. The SMILES string of the molecule is CCCc1nc[nH]c(=O)c1C#N. The molecular weight excluding hydrogens is 154 g/mol. The van der Waals surface area contributed by atoms with Crippen molar-refractivity contribution in [2.24, 2.45) is 0 Å². The van der Waals surface area contributed by atoms with Gasteiger partial charge in [0, 0.05) is 0 Å². The first-order valence-electron chi connectivity index (χ1n) is 3.76. The van der Waals surface area contributed by atoms with Gasteiger partial charge in [0.15, 0.2) is 0 Å². The van der Waals surface area contributed by atoms with E-state index in [0.29, 0.717) is 12.1 Å². The standard InChI is InChI=1S/C8H9N3O/c1-2-3-7-6(4-9)8(12)11-5-10-7/h5H,2-3H2,1H3,(H,10,11,12). The van der Waals surface area contributed by atoms with Gasteiger partial charge in [-0.1, -0.05) is 13.3 Å². The van der Waals surface area contributed by atoms with Crippen molar-refractivity contribution in [2.45, 2.75) is 19.8 Å². The van der Waals surface area contributed by atoms with Crippen LogP contribution < -0.4 is 5.56 Å². The molecule has 12 heavy (non-hydrogen) atoms. The molecule has 0 radical (unpaired) electrons. The highest BCUT2D eigenvalue weighted by Crippen LogP contribution is 1.99. The van der Waals surface area contributed by atoms with Crippen molar-refractivity contribution >= 4 is 0 Å². The molecule has 0 aliphatic heterocycles. The molecule has 1 aromatic rings. The van der Waals surface area contributed by atoms with Crippen LogP contribution in [0.3, 0.4) is 0 Å². The number of rotatable bonds is 2. The first-order chi connectivity index (χ1) is 5.79. The van der Waals surface area contributed by atoms with Crippen molar-refractivity contribution in [1.29, 1.82) is 5.26 Å². The van der Waals surface area contributed by atoms with Crippen molar-refractivity contribution in [2.75, 3.05) is 0 Å². The lowest BCUT2D eigenvalue weighted by Crippen LogP contribution is -2.14. The number of nitrogens with one attached hydrogen (secondary N) is 1. The molecule has 0 unspecified atom stereocenters. The van der Waals surface area contributed by atoms with E-state index in [-0.39, 0.29) is 11.1 Å². The number of aromatic amines is 1. The Hall–Kier alpha value is -1.63. The molecule has 62 valence electrons. The molecule has 4 heteroatoms. The Morgan fingerprint density at radius 2 is 2.50 bits per heavy atom. The first-order valence-corrected chi connectivity index (χ1v) is 3.76. The lowest BCUT2D eigenvalue weighted by Gasteiger charge is -1.97. The molecule has 4 nitrogen and oxygen atoms in total. The van der Waals surface area contributed by atoms with Crippen LogP contribution in [-0.4, -0.2) is 9.97 Å². The second kappa shape index (κ2) is 3.67. The molecule has 0 aliphatic carbocycles. The summed E-state index contributed by atoms with van der Waals surface area (Å²) in [7, 11) is 0. The fourth-order valence-corrected chi connectivity index (χ4v) is 0.978. The largest absolute Gasteiger partial charge is 0.312 e. The summed E-state index contributed by atoms with van der Waals surface area (Å²) >= 11 is 0. The smallest absolute Gasteiger partial charge is 0.268 e. The van der Waals surface area contributed by atoms with E-state index in [2.05, 4.69) is 9.97 Å². The molecule has 1 N–H and O–H groups in total. The third-order valence-electron chi connectivity index (χ3n) is 1.53. The van der Waals surface area contributed by atoms with Crippen LogP contribution in [0.25, 0.3) is 0 Å². The van der Waals surface area contributed by atoms with E-state index < -0.39 is 0 Å². The molecular formula is C8H9N3O. The van der Waals surface area contributed by atoms with E-state index in [1.54, 1.807) is 0 Å². The Labute approximate surface area is 69.9 Å². The van der Waals surface area contributed by atoms with Crippen molar-refractivity contribution in [3.05, 3.63) is 27.9 Å². The summed E-state index contributed by atoms with van der Waals surface area (Å²) in [5.41, 5.74) is 0.374. The van der Waals surface area contributed by atoms with E-state index >= 15 is 0 Å². The van der Waals surface area contributed by atoms with Crippen LogP contribution in [0, 0.1) is 11.3 Å². The van der Waals surface area contributed by atoms with Crippen LogP contribution >= 0.6 is 0 Å². The zero-order valence-corrected chi connectivity index (χ0v) is 6.79. The molecule has 0 aliphatic rings. The van der Waals surface area contributed by atoms with Gasteiger partial charge in [0.2, 0.25) is 0 Å². The van der Waals surface area contributed by atoms with Crippen LogP contribution in [0.1, 0.15) is 24.6 Å². The minimum atomic E-state index is -0.351. The maximum Gasteiger partial charge on any atom is 0.268 e. The monoisotopic (exact) mass is 163 g/mol. The summed E-state index contributed by atoms with van der Waals surface area (Å²) in [6.45, 7) is 1.98. The van der Waals surface area contributed by atoms with Crippen LogP contribution in [0.2, 0.25) is 0 Å². The number of nitriles is 1. The number of nitrogens with zero attached hydrogens (tertiary/aromatic N) is 2. The molecule has 1 aromatic heterocycles. The van der Waals surface area contributed by atoms with E-state index in [9.17, 15) is 4.79 Å². The molecule has 0 atom stereocenters.